The number of aliphatic hydroxyl groups is 1. The highest BCUT2D eigenvalue weighted by Crippen LogP contribution is 2.29. The van der Waals surface area contributed by atoms with E-state index in [0.717, 1.165) is 25.3 Å². The summed E-state index contributed by atoms with van der Waals surface area (Å²) >= 11 is 0. The quantitative estimate of drug-likeness (QED) is 0.693. The van der Waals surface area contributed by atoms with Crippen LogP contribution in [0, 0.1) is 0 Å². The van der Waals surface area contributed by atoms with Crippen LogP contribution in [0.25, 0.3) is 0 Å². The van der Waals surface area contributed by atoms with E-state index in [9.17, 15) is 5.11 Å². The van der Waals surface area contributed by atoms with E-state index in [1.807, 2.05) is 0 Å². The van der Waals surface area contributed by atoms with Gasteiger partial charge in [-0.2, -0.15) is 0 Å². The first kappa shape index (κ1) is 12.9. The SMILES string of the molecule is COc1cc(N)ncc1N1CCNC(C(C)O)C1. The normalized spacial score (nSPS) is 21.7. The Bertz CT molecular complexity index is 411. The van der Waals surface area contributed by atoms with Crippen molar-refractivity contribution in [3.05, 3.63) is 12.3 Å². The van der Waals surface area contributed by atoms with Crippen LogP contribution in [0.2, 0.25) is 0 Å². The fourth-order valence-electron chi connectivity index (χ4n) is 2.17. The second-order valence-electron chi connectivity index (χ2n) is 4.53. The molecule has 2 rings (SSSR count). The third-order valence-corrected chi connectivity index (χ3v) is 3.22. The molecule has 6 heteroatoms. The maximum atomic E-state index is 9.66. The fourth-order valence-corrected chi connectivity index (χ4v) is 2.17. The lowest BCUT2D eigenvalue weighted by Gasteiger charge is -2.36. The van der Waals surface area contributed by atoms with Crippen LogP contribution in [0.3, 0.4) is 0 Å². The van der Waals surface area contributed by atoms with Crippen molar-refractivity contribution < 1.29 is 9.84 Å². The molecule has 1 aliphatic heterocycles. The topological polar surface area (TPSA) is 83.6 Å². The van der Waals surface area contributed by atoms with E-state index in [2.05, 4.69) is 15.2 Å². The van der Waals surface area contributed by atoms with Crippen LogP contribution in [-0.2, 0) is 0 Å². The van der Waals surface area contributed by atoms with Gasteiger partial charge in [-0.25, -0.2) is 4.98 Å². The Morgan fingerprint density at radius 1 is 1.67 bits per heavy atom. The fraction of sp³-hybridized carbons (Fsp3) is 0.583. The van der Waals surface area contributed by atoms with E-state index in [1.54, 1.807) is 26.3 Å². The number of rotatable bonds is 3. The third kappa shape index (κ3) is 2.65. The molecular weight excluding hydrogens is 232 g/mol. The van der Waals surface area contributed by atoms with Crippen molar-refractivity contribution in [3.63, 3.8) is 0 Å². The Kier molecular flexibility index (Phi) is 3.88. The summed E-state index contributed by atoms with van der Waals surface area (Å²) in [5, 5.41) is 12.9. The van der Waals surface area contributed by atoms with Gasteiger partial charge in [0.2, 0.25) is 0 Å². The number of hydrogen-bond acceptors (Lipinski definition) is 6. The lowest BCUT2D eigenvalue weighted by Crippen LogP contribution is -2.55. The molecule has 0 aromatic carbocycles. The molecule has 0 bridgehead atoms. The first-order valence-electron chi connectivity index (χ1n) is 6.07. The Balaban J connectivity index is 2.20. The van der Waals surface area contributed by atoms with Crippen molar-refractivity contribution >= 4 is 11.5 Å². The Hall–Kier alpha value is -1.53. The van der Waals surface area contributed by atoms with Crippen LogP contribution in [0.15, 0.2) is 12.3 Å². The maximum Gasteiger partial charge on any atom is 0.147 e. The van der Waals surface area contributed by atoms with Crippen LogP contribution >= 0.6 is 0 Å². The molecule has 6 nitrogen and oxygen atoms in total. The number of nitrogens with one attached hydrogen (secondary N) is 1. The van der Waals surface area contributed by atoms with Crippen molar-refractivity contribution in [1.82, 2.24) is 10.3 Å². The summed E-state index contributed by atoms with van der Waals surface area (Å²) in [6.07, 6.45) is 1.33. The van der Waals surface area contributed by atoms with E-state index in [-0.39, 0.29) is 12.1 Å². The molecular formula is C12H20N4O2. The molecule has 0 aliphatic carbocycles. The van der Waals surface area contributed by atoms with Crippen LogP contribution in [0.5, 0.6) is 5.75 Å². The molecule has 1 fully saturated rings. The van der Waals surface area contributed by atoms with Crippen molar-refractivity contribution in [1.29, 1.82) is 0 Å². The minimum atomic E-state index is -0.388. The van der Waals surface area contributed by atoms with Gasteiger partial charge in [0.1, 0.15) is 11.6 Å². The number of methoxy groups -OCH3 is 1. The van der Waals surface area contributed by atoms with Crippen molar-refractivity contribution in [2.24, 2.45) is 0 Å². The largest absolute Gasteiger partial charge is 0.494 e. The lowest BCUT2D eigenvalue weighted by molar-refractivity contribution is 0.141. The van der Waals surface area contributed by atoms with Gasteiger partial charge in [0.05, 0.1) is 31.1 Å². The minimum absolute atomic E-state index is 0.0565. The van der Waals surface area contributed by atoms with Gasteiger partial charge < -0.3 is 25.8 Å². The number of ether oxygens (including phenoxy) is 1. The van der Waals surface area contributed by atoms with Gasteiger partial charge in [-0.1, -0.05) is 0 Å². The summed E-state index contributed by atoms with van der Waals surface area (Å²) in [6, 6.07) is 1.77. The molecule has 0 spiro atoms. The van der Waals surface area contributed by atoms with Crippen molar-refractivity contribution in [3.8, 4) is 5.75 Å². The molecule has 100 valence electrons. The molecule has 1 aromatic heterocycles. The zero-order chi connectivity index (χ0) is 13.1. The van der Waals surface area contributed by atoms with Gasteiger partial charge in [-0.15, -0.1) is 0 Å². The predicted molar refractivity (Wildman–Crippen MR) is 70.9 cm³/mol. The first-order valence-corrected chi connectivity index (χ1v) is 6.07. The van der Waals surface area contributed by atoms with E-state index in [1.165, 1.54) is 0 Å². The Morgan fingerprint density at radius 2 is 2.44 bits per heavy atom. The molecule has 1 aliphatic rings. The number of anilines is 2. The first-order chi connectivity index (χ1) is 8.61. The molecule has 0 radical (unpaired) electrons. The van der Waals surface area contributed by atoms with E-state index < -0.39 is 0 Å². The number of hydrogen-bond donors (Lipinski definition) is 3. The summed E-state index contributed by atoms with van der Waals surface area (Å²) in [4.78, 5) is 6.26. The van der Waals surface area contributed by atoms with Crippen molar-refractivity contribution in [2.45, 2.75) is 19.1 Å². The number of nitrogens with two attached hydrogens (primary N) is 1. The van der Waals surface area contributed by atoms with Crippen LogP contribution in [0.1, 0.15) is 6.92 Å². The Morgan fingerprint density at radius 3 is 3.11 bits per heavy atom. The van der Waals surface area contributed by atoms with Gasteiger partial charge in [-0.05, 0) is 6.92 Å². The van der Waals surface area contributed by atoms with Crippen LogP contribution in [-0.4, -0.2) is 49.0 Å². The molecule has 0 saturated carbocycles. The maximum absolute atomic E-state index is 9.66. The highest BCUT2D eigenvalue weighted by atomic mass is 16.5. The second kappa shape index (κ2) is 5.41. The van der Waals surface area contributed by atoms with Gasteiger partial charge in [0.15, 0.2) is 0 Å². The van der Waals surface area contributed by atoms with E-state index in [4.69, 9.17) is 10.5 Å². The van der Waals surface area contributed by atoms with Crippen LogP contribution < -0.4 is 20.7 Å². The molecule has 0 amide bonds. The zero-order valence-corrected chi connectivity index (χ0v) is 10.8. The molecule has 2 heterocycles. The van der Waals surface area contributed by atoms with Gasteiger partial charge in [0, 0.05) is 25.7 Å². The highest BCUT2D eigenvalue weighted by molar-refractivity contribution is 5.60. The summed E-state index contributed by atoms with van der Waals surface area (Å²) in [7, 11) is 1.62. The van der Waals surface area contributed by atoms with E-state index in [0.29, 0.717) is 11.6 Å². The van der Waals surface area contributed by atoms with Crippen LogP contribution in [0.4, 0.5) is 11.5 Å². The standard InChI is InChI=1S/C12H20N4O2/c1-8(17)9-7-16(4-3-14-9)10-6-15-12(13)5-11(10)18-2/h5-6,8-9,14,17H,3-4,7H2,1-2H3,(H2,13,15). The molecule has 2 atom stereocenters. The smallest absolute Gasteiger partial charge is 0.147 e. The van der Waals surface area contributed by atoms with Crippen molar-refractivity contribution in [2.75, 3.05) is 37.4 Å². The molecule has 2 unspecified atom stereocenters. The summed E-state index contributed by atoms with van der Waals surface area (Å²) in [5.41, 5.74) is 6.56. The zero-order valence-electron chi connectivity index (χ0n) is 10.8. The Labute approximate surface area is 107 Å². The van der Waals surface area contributed by atoms with Gasteiger partial charge in [0.25, 0.3) is 0 Å². The molecule has 1 saturated heterocycles. The number of pyridine rings is 1. The highest BCUT2D eigenvalue weighted by Gasteiger charge is 2.24. The molecule has 1 aromatic rings. The minimum Gasteiger partial charge on any atom is -0.494 e. The van der Waals surface area contributed by atoms with E-state index >= 15 is 0 Å². The number of aliphatic hydroxyl groups excluding tert-OH is 1. The summed E-state index contributed by atoms with van der Waals surface area (Å²) in [5.74, 6) is 1.16. The number of nitrogen functional groups attached to an aromatic ring is 1. The summed E-state index contributed by atoms with van der Waals surface area (Å²) < 4.78 is 5.33. The van der Waals surface area contributed by atoms with Gasteiger partial charge >= 0.3 is 0 Å². The summed E-state index contributed by atoms with van der Waals surface area (Å²) in [6.45, 7) is 4.19. The van der Waals surface area contributed by atoms with Gasteiger partial charge in [-0.3, -0.25) is 0 Å². The number of nitrogens with zero attached hydrogens (tertiary/aromatic N) is 2. The third-order valence-electron chi connectivity index (χ3n) is 3.22. The number of aromatic nitrogens is 1. The predicted octanol–water partition coefficient (Wildman–Crippen LogP) is -0.169. The number of piperazine rings is 1. The molecule has 18 heavy (non-hydrogen) atoms. The lowest BCUT2D eigenvalue weighted by atomic mass is 10.1. The molecule has 4 N–H and O–H groups in total. The monoisotopic (exact) mass is 252 g/mol. The average molecular weight is 252 g/mol. The average Bonchev–Trinajstić information content (AvgIpc) is 2.38. The second-order valence-corrected chi connectivity index (χ2v) is 4.53.